The summed E-state index contributed by atoms with van der Waals surface area (Å²) in [4.78, 5) is 22.8. The van der Waals surface area contributed by atoms with Gasteiger partial charge in [0, 0.05) is 12.7 Å². The first-order chi connectivity index (χ1) is 10.1. The van der Waals surface area contributed by atoms with E-state index in [1.807, 2.05) is 0 Å². The third-order valence-corrected chi connectivity index (χ3v) is 2.93. The lowest BCUT2D eigenvalue weighted by atomic mass is 10.0. The van der Waals surface area contributed by atoms with E-state index >= 15 is 0 Å². The number of carboxylic acid groups (broad SMARTS) is 1. The molecule has 0 aliphatic rings. The van der Waals surface area contributed by atoms with Crippen molar-refractivity contribution in [2.75, 3.05) is 19.0 Å². The minimum absolute atomic E-state index is 0.140. The number of hydrogen-bond acceptors (Lipinski definition) is 5. The average Bonchev–Trinajstić information content (AvgIpc) is 2.38. The Hall–Kier alpha value is -2.08. The third kappa shape index (κ3) is 5.37. The summed E-state index contributed by atoms with van der Waals surface area (Å²) in [5.74, 6) is -1.45. The summed E-state index contributed by atoms with van der Waals surface area (Å²) in [5.41, 5.74) is 1.67. The van der Waals surface area contributed by atoms with Crippen LogP contribution in [0.5, 0.6) is 0 Å². The number of aromatic carboxylic acids is 1. The molecular formula is C16H23NO5. The van der Waals surface area contributed by atoms with E-state index in [1.54, 1.807) is 46.9 Å². The molecule has 0 aromatic heterocycles. The van der Waals surface area contributed by atoms with Gasteiger partial charge in [0.2, 0.25) is 0 Å². The van der Waals surface area contributed by atoms with Crippen molar-refractivity contribution in [2.45, 2.75) is 39.9 Å². The summed E-state index contributed by atoms with van der Waals surface area (Å²) in [6, 6.07) is 3.37. The van der Waals surface area contributed by atoms with E-state index in [1.165, 1.54) is 0 Å². The second-order valence-electron chi connectivity index (χ2n) is 5.94. The van der Waals surface area contributed by atoms with Gasteiger partial charge >= 0.3 is 11.9 Å². The Morgan fingerprint density at radius 1 is 1.27 bits per heavy atom. The van der Waals surface area contributed by atoms with Gasteiger partial charge in [-0.15, -0.1) is 0 Å². The van der Waals surface area contributed by atoms with Gasteiger partial charge in [0.15, 0.2) is 0 Å². The van der Waals surface area contributed by atoms with Gasteiger partial charge in [-0.3, -0.25) is 0 Å². The Labute approximate surface area is 130 Å². The molecule has 0 saturated heterocycles. The maximum atomic E-state index is 11.6. The van der Waals surface area contributed by atoms with Crippen molar-refractivity contribution in [3.8, 4) is 0 Å². The van der Waals surface area contributed by atoms with Crippen LogP contribution in [0.1, 0.15) is 42.3 Å². The van der Waals surface area contributed by atoms with Gasteiger partial charge in [-0.2, -0.15) is 0 Å². The minimum atomic E-state index is -0.997. The molecule has 1 aromatic rings. The predicted octanol–water partition coefficient (Wildman–Crippen LogP) is 2.59. The van der Waals surface area contributed by atoms with E-state index in [4.69, 9.17) is 9.47 Å². The van der Waals surface area contributed by atoms with Crippen LogP contribution in [0.15, 0.2) is 12.1 Å². The molecule has 0 bridgehead atoms. The number of rotatable bonds is 6. The summed E-state index contributed by atoms with van der Waals surface area (Å²) < 4.78 is 10.5. The fourth-order valence-corrected chi connectivity index (χ4v) is 1.91. The van der Waals surface area contributed by atoms with Crippen molar-refractivity contribution in [3.05, 3.63) is 28.8 Å². The zero-order valence-corrected chi connectivity index (χ0v) is 13.6. The lowest BCUT2D eigenvalue weighted by molar-refractivity contribution is -0.160. The SMILES string of the molecule is CNc1cc(COCC(=O)OC(C)(C)C)c(C)c(C(=O)O)c1. The normalized spacial score (nSPS) is 11.1. The molecule has 0 heterocycles. The van der Waals surface area contributed by atoms with Crippen molar-refractivity contribution in [2.24, 2.45) is 0 Å². The topological polar surface area (TPSA) is 84.9 Å². The van der Waals surface area contributed by atoms with Crippen LogP contribution < -0.4 is 5.32 Å². The van der Waals surface area contributed by atoms with Crippen molar-refractivity contribution in [1.29, 1.82) is 0 Å². The monoisotopic (exact) mass is 309 g/mol. The van der Waals surface area contributed by atoms with Crippen LogP contribution in [0.2, 0.25) is 0 Å². The molecule has 0 atom stereocenters. The maximum Gasteiger partial charge on any atom is 0.336 e. The van der Waals surface area contributed by atoms with Crippen LogP contribution in [0.25, 0.3) is 0 Å². The largest absolute Gasteiger partial charge is 0.478 e. The van der Waals surface area contributed by atoms with E-state index < -0.39 is 17.5 Å². The van der Waals surface area contributed by atoms with Crippen LogP contribution in [0.3, 0.4) is 0 Å². The van der Waals surface area contributed by atoms with Gasteiger partial charge in [-0.25, -0.2) is 9.59 Å². The number of nitrogens with one attached hydrogen (secondary N) is 1. The van der Waals surface area contributed by atoms with Crippen LogP contribution >= 0.6 is 0 Å². The number of hydrogen-bond donors (Lipinski definition) is 2. The third-order valence-electron chi connectivity index (χ3n) is 2.93. The molecule has 0 spiro atoms. The summed E-state index contributed by atoms with van der Waals surface area (Å²) in [6.07, 6.45) is 0. The van der Waals surface area contributed by atoms with Crippen LogP contribution in [-0.4, -0.2) is 36.3 Å². The van der Waals surface area contributed by atoms with E-state index in [0.29, 0.717) is 16.8 Å². The van der Waals surface area contributed by atoms with Gasteiger partial charge in [0.1, 0.15) is 12.2 Å². The number of carbonyl (C=O) groups excluding carboxylic acids is 1. The highest BCUT2D eigenvalue weighted by Crippen LogP contribution is 2.21. The minimum Gasteiger partial charge on any atom is -0.478 e. The highest BCUT2D eigenvalue weighted by atomic mass is 16.6. The first-order valence-corrected chi connectivity index (χ1v) is 6.98. The van der Waals surface area contributed by atoms with Crippen molar-refractivity contribution < 1.29 is 24.2 Å². The number of benzene rings is 1. The molecule has 0 saturated carbocycles. The van der Waals surface area contributed by atoms with Gasteiger partial charge in [0.25, 0.3) is 0 Å². The molecule has 0 unspecified atom stereocenters. The maximum absolute atomic E-state index is 11.6. The number of esters is 1. The van der Waals surface area contributed by atoms with Crippen LogP contribution in [-0.2, 0) is 20.9 Å². The van der Waals surface area contributed by atoms with Crippen molar-refractivity contribution >= 4 is 17.6 Å². The van der Waals surface area contributed by atoms with Crippen LogP contribution in [0, 0.1) is 6.92 Å². The molecule has 0 fully saturated rings. The Morgan fingerprint density at radius 3 is 2.41 bits per heavy atom. The molecule has 0 radical (unpaired) electrons. The van der Waals surface area contributed by atoms with E-state index in [2.05, 4.69) is 5.32 Å². The first-order valence-electron chi connectivity index (χ1n) is 6.98. The summed E-state index contributed by atoms with van der Waals surface area (Å²) in [7, 11) is 1.71. The molecule has 0 amide bonds. The van der Waals surface area contributed by atoms with Crippen LogP contribution in [0.4, 0.5) is 5.69 Å². The predicted molar refractivity (Wildman–Crippen MR) is 83.2 cm³/mol. The Bertz CT molecular complexity index is 560. The standard InChI is InChI=1S/C16H23NO5/c1-10-11(6-12(17-5)7-13(10)15(19)20)8-21-9-14(18)22-16(2,3)4/h6-7,17H,8-9H2,1-5H3,(H,19,20). The summed E-state index contributed by atoms with van der Waals surface area (Å²) >= 11 is 0. The molecule has 0 aliphatic heterocycles. The van der Waals surface area contributed by atoms with Crippen molar-refractivity contribution in [1.82, 2.24) is 0 Å². The smallest absolute Gasteiger partial charge is 0.336 e. The number of carbonyl (C=O) groups is 2. The van der Waals surface area contributed by atoms with Crippen molar-refractivity contribution in [3.63, 3.8) is 0 Å². The molecule has 22 heavy (non-hydrogen) atoms. The summed E-state index contributed by atoms with van der Waals surface area (Å²) in [5, 5.41) is 12.1. The Morgan fingerprint density at radius 2 is 1.91 bits per heavy atom. The zero-order valence-electron chi connectivity index (χ0n) is 13.6. The highest BCUT2D eigenvalue weighted by Gasteiger charge is 2.17. The van der Waals surface area contributed by atoms with Gasteiger partial charge in [-0.05, 0) is 51.0 Å². The lowest BCUT2D eigenvalue weighted by Gasteiger charge is -2.19. The zero-order chi connectivity index (χ0) is 16.9. The molecule has 1 rings (SSSR count). The van der Waals surface area contributed by atoms with E-state index in [0.717, 1.165) is 0 Å². The van der Waals surface area contributed by atoms with Gasteiger partial charge in [0.05, 0.1) is 12.2 Å². The molecule has 122 valence electrons. The second-order valence-corrected chi connectivity index (χ2v) is 5.94. The number of anilines is 1. The molecule has 2 N–H and O–H groups in total. The first kappa shape index (κ1) is 18.0. The quantitative estimate of drug-likeness (QED) is 0.786. The number of carboxylic acids is 1. The average molecular weight is 309 g/mol. The van der Waals surface area contributed by atoms with E-state index in [9.17, 15) is 14.7 Å². The molecule has 0 aliphatic carbocycles. The molecule has 1 aromatic carbocycles. The van der Waals surface area contributed by atoms with Gasteiger partial charge < -0.3 is 19.9 Å². The lowest BCUT2D eigenvalue weighted by Crippen LogP contribution is -2.26. The Balaban J connectivity index is 2.75. The van der Waals surface area contributed by atoms with E-state index in [-0.39, 0.29) is 18.8 Å². The fraction of sp³-hybridized carbons (Fsp3) is 0.500. The molecule has 6 nitrogen and oxygen atoms in total. The van der Waals surface area contributed by atoms with Gasteiger partial charge in [-0.1, -0.05) is 0 Å². The fourth-order valence-electron chi connectivity index (χ4n) is 1.91. The summed E-state index contributed by atoms with van der Waals surface area (Å²) in [6.45, 7) is 7.03. The second kappa shape index (κ2) is 7.26. The highest BCUT2D eigenvalue weighted by molar-refractivity contribution is 5.91. The molecule has 6 heteroatoms. The molecular weight excluding hydrogens is 286 g/mol. The number of ether oxygens (including phenoxy) is 2. The Kier molecular flexibility index (Phi) is 5.93.